The molecule has 2 aromatic rings. The number of nitrogens with zero attached hydrogens (tertiary/aromatic N) is 2. The highest BCUT2D eigenvalue weighted by molar-refractivity contribution is 7.13. The molecule has 76 valence electrons. The minimum absolute atomic E-state index is 0.0901. The first-order valence-corrected chi connectivity index (χ1v) is 4.96. The fourth-order valence-electron chi connectivity index (χ4n) is 1.01. The maximum atomic E-state index is 13.1. The molecule has 0 aromatic carbocycles. The van der Waals surface area contributed by atoms with Gasteiger partial charge in [-0.3, -0.25) is 10.1 Å². The summed E-state index contributed by atoms with van der Waals surface area (Å²) in [6, 6.07) is 2.87. The fraction of sp³-hybridized carbons (Fsp3) is 0. The number of amides is 1. The third kappa shape index (κ3) is 2.16. The van der Waals surface area contributed by atoms with Crippen molar-refractivity contribution in [3.63, 3.8) is 0 Å². The monoisotopic (exact) mass is 223 g/mol. The topological polar surface area (TPSA) is 54.9 Å². The molecular weight excluding hydrogens is 217 g/mol. The number of aromatic nitrogens is 2. The van der Waals surface area contributed by atoms with Crippen LogP contribution in [0.15, 0.2) is 29.9 Å². The van der Waals surface area contributed by atoms with Gasteiger partial charge in [0.2, 0.25) is 5.95 Å². The molecule has 0 atom stereocenters. The quantitative estimate of drug-likeness (QED) is 0.791. The molecule has 0 aliphatic heterocycles. The van der Waals surface area contributed by atoms with E-state index in [-0.39, 0.29) is 5.56 Å². The summed E-state index contributed by atoms with van der Waals surface area (Å²) in [5.41, 5.74) is -0.0901. The summed E-state index contributed by atoms with van der Waals surface area (Å²) in [4.78, 5) is 18.7. The molecule has 0 aliphatic carbocycles. The molecule has 2 rings (SSSR count). The second-order valence-electron chi connectivity index (χ2n) is 2.63. The first-order valence-electron chi connectivity index (χ1n) is 4.09. The van der Waals surface area contributed by atoms with Gasteiger partial charge in [-0.1, -0.05) is 0 Å². The second-order valence-corrected chi connectivity index (χ2v) is 3.53. The first kappa shape index (κ1) is 9.72. The Hall–Kier alpha value is -1.82. The predicted octanol–water partition coefficient (Wildman–Crippen LogP) is 1.93. The largest absolute Gasteiger partial charge is 0.298 e. The molecule has 4 nitrogen and oxygen atoms in total. The van der Waals surface area contributed by atoms with Crippen LogP contribution < -0.4 is 5.32 Å². The number of anilines is 1. The van der Waals surface area contributed by atoms with Crippen molar-refractivity contribution in [1.29, 1.82) is 0 Å². The second kappa shape index (κ2) is 4.14. The molecule has 2 heterocycles. The van der Waals surface area contributed by atoms with Crippen LogP contribution in [-0.2, 0) is 0 Å². The van der Waals surface area contributed by atoms with Crippen LogP contribution in [0, 0.1) is 5.95 Å². The molecule has 0 unspecified atom stereocenters. The minimum atomic E-state index is -0.786. The van der Waals surface area contributed by atoms with Crippen molar-refractivity contribution in [2.75, 3.05) is 5.32 Å². The Labute approximate surface area is 88.8 Å². The number of nitrogens with one attached hydrogen (secondary N) is 1. The lowest BCUT2D eigenvalue weighted by atomic mass is 10.2. The zero-order valence-corrected chi connectivity index (χ0v) is 8.29. The number of rotatable bonds is 2. The smallest absolute Gasteiger partial charge is 0.262 e. The molecule has 15 heavy (non-hydrogen) atoms. The van der Waals surface area contributed by atoms with Crippen LogP contribution >= 0.6 is 11.3 Å². The molecule has 1 N–H and O–H groups in total. The van der Waals surface area contributed by atoms with Crippen molar-refractivity contribution in [2.45, 2.75) is 0 Å². The van der Waals surface area contributed by atoms with Gasteiger partial charge in [-0.15, -0.1) is 11.3 Å². The maximum Gasteiger partial charge on any atom is 0.262 e. The van der Waals surface area contributed by atoms with Crippen molar-refractivity contribution in [2.24, 2.45) is 0 Å². The number of carbonyl (C=O) groups is 1. The van der Waals surface area contributed by atoms with Gasteiger partial charge >= 0.3 is 0 Å². The molecule has 0 saturated carbocycles. The highest BCUT2D eigenvalue weighted by Gasteiger charge is 2.12. The lowest BCUT2D eigenvalue weighted by molar-refractivity contribution is 0.102. The summed E-state index contributed by atoms with van der Waals surface area (Å²) in [7, 11) is 0. The summed E-state index contributed by atoms with van der Waals surface area (Å²) in [5, 5.41) is 4.62. The SMILES string of the molecule is O=C(Nc1nccs1)c1cccnc1F. The van der Waals surface area contributed by atoms with E-state index in [4.69, 9.17) is 0 Å². The van der Waals surface area contributed by atoms with Crippen molar-refractivity contribution in [3.8, 4) is 0 Å². The van der Waals surface area contributed by atoms with Gasteiger partial charge in [-0.2, -0.15) is 4.39 Å². The predicted molar refractivity (Wildman–Crippen MR) is 54.3 cm³/mol. The van der Waals surface area contributed by atoms with E-state index in [2.05, 4.69) is 15.3 Å². The van der Waals surface area contributed by atoms with Gasteiger partial charge in [-0.05, 0) is 12.1 Å². The van der Waals surface area contributed by atoms with E-state index < -0.39 is 11.9 Å². The zero-order chi connectivity index (χ0) is 10.7. The number of halogens is 1. The Kier molecular flexibility index (Phi) is 2.68. The molecule has 2 aromatic heterocycles. The van der Waals surface area contributed by atoms with Crippen LogP contribution in [0.4, 0.5) is 9.52 Å². The van der Waals surface area contributed by atoms with Gasteiger partial charge in [0.25, 0.3) is 5.91 Å². The van der Waals surface area contributed by atoms with Crippen LogP contribution in [-0.4, -0.2) is 15.9 Å². The van der Waals surface area contributed by atoms with E-state index in [0.717, 1.165) is 0 Å². The summed E-state index contributed by atoms with van der Waals surface area (Å²) in [5.74, 6) is -1.33. The van der Waals surface area contributed by atoms with Gasteiger partial charge < -0.3 is 0 Å². The van der Waals surface area contributed by atoms with E-state index in [1.165, 1.54) is 29.7 Å². The standard InChI is InChI=1S/C9H6FN3OS/c10-7-6(2-1-3-11-7)8(14)13-9-12-4-5-15-9/h1-5H,(H,12,13,14). The van der Waals surface area contributed by atoms with E-state index in [9.17, 15) is 9.18 Å². The number of hydrogen-bond donors (Lipinski definition) is 1. The number of carbonyl (C=O) groups excluding carboxylic acids is 1. The lowest BCUT2D eigenvalue weighted by Gasteiger charge is -2.01. The van der Waals surface area contributed by atoms with Gasteiger partial charge in [0.1, 0.15) is 0 Å². The summed E-state index contributed by atoms with van der Waals surface area (Å²) < 4.78 is 13.1. The number of thiazole rings is 1. The van der Waals surface area contributed by atoms with E-state index in [0.29, 0.717) is 5.13 Å². The molecule has 0 bridgehead atoms. The normalized spacial score (nSPS) is 9.93. The van der Waals surface area contributed by atoms with E-state index in [1.54, 1.807) is 11.6 Å². The number of hydrogen-bond acceptors (Lipinski definition) is 4. The Bertz CT molecular complexity index is 472. The third-order valence-corrected chi connectivity index (χ3v) is 2.35. The minimum Gasteiger partial charge on any atom is -0.298 e. The molecule has 0 aliphatic rings. The average molecular weight is 223 g/mol. The van der Waals surface area contributed by atoms with Crippen molar-refractivity contribution >= 4 is 22.4 Å². The molecule has 0 spiro atoms. The summed E-state index contributed by atoms with van der Waals surface area (Å²) in [6.07, 6.45) is 2.84. The van der Waals surface area contributed by atoms with E-state index in [1.807, 2.05) is 0 Å². The first-order chi connectivity index (χ1) is 7.27. The van der Waals surface area contributed by atoms with E-state index >= 15 is 0 Å². The molecule has 6 heteroatoms. The van der Waals surface area contributed by atoms with Crippen LogP contribution in [0.1, 0.15) is 10.4 Å². The molecule has 0 saturated heterocycles. The molecule has 0 fully saturated rings. The van der Waals surface area contributed by atoms with Crippen molar-refractivity contribution < 1.29 is 9.18 Å². The summed E-state index contributed by atoms with van der Waals surface area (Å²) >= 11 is 1.27. The Morgan fingerprint density at radius 3 is 2.93 bits per heavy atom. The Morgan fingerprint density at radius 2 is 2.27 bits per heavy atom. The third-order valence-electron chi connectivity index (χ3n) is 1.66. The summed E-state index contributed by atoms with van der Waals surface area (Å²) in [6.45, 7) is 0. The van der Waals surface area contributed by atoms with Crippen LogP contribution in [0.2, 0.25) is 0 Å². The highest BCUT2D eigenvalue weighted by atomic mass is 32.1. The highest BCUT2D eigenvalue weighted by Crippen LogP contribution is 2.12. The lowest BCUT2D eigenvalue weighted by Crippen LogP contribution is -2.14. The van der Waals surface area contributed by atoms with Gasteiger partial charge in [0.05, 0.1) is 5.56 Å². The van der Waals surface area contributed by atoms with Gasteiger partial charge in [-0.25, -0.2) is 9.97 Å². The Balaban J connectivity index is 2.19. The van der Waals surface area contributed by atoms with Crippen molar-refractivity contribution in [1.82, 2.24) is 9.97 Å². The average Bonchev–Trinajstić information content (AvgIpc) is 2.71. The van der Waals surface area contributed by atoms with Gasteiger partial charge in [0.15, 0.2) is 5.13 Å². The molecule has 1 amide bonds. The molecular formula is C9H6FN3OS. The Morgan fingerprint density at radius 1 is 1.40 bits per heavy atom. The molecule has 0 radical (unpaired) electrons. The van der Waals surface area contributed by atoms with Crippen LogP contribution in [0.25, 0.3) is 0 Å². The maximum absolute atomic E-state index is 13.1. The fourth-order valence-corrected chi connectivity index (χ4v) is 1.53. The van der Waals surface area contributed by atoms with Crippen LogP contribution in [0.3, 0.4) is 0 Å². The zero-order valence-electron chi connectivity index (χ0n) is 7.48. The van der Waals surface area contributed by atoms with Crippen molar-refractivity contribution in [3.05, 3.63) is 41.4 Å². The van der Waals surface area contributed by atoms with Gasteiger partial charge in [0, 0.05) is 17.8 Å². The number of pyridine rings is 1. The van der Waals surface area contributed by atoms with Crippen LogP contribution in [0.5, 0.6) is 0 Å².